The fraction of sp³-hybridized carbons (Fsp3) is 0.379. The van der Waals surface area contributed by atoms with Gasteiger partial charge in [-0.3, -0.25) is 19.3 Å². The summed E-state index contributed by atoms with van der Waals surface area (Å²) in [5.41, 5.74) is 13.3. The van der Waals surface area contributed by atoms with Crippen LogP contribution in [-0.2, 0) is 4.79 Å². The Hall–Kier alpha value is -4.12. The van der Waals surface area contributed by atoms with E-state index in [4.69, 9.17) is 16.2 Å². The van der Waals surface area contributed by atoms with Crippen molar-refractivity contribution in [2.24, 2.45) is 5.73 Å². The normalized spacial score (nSPS) is 14.3. The van der Waals surface area contributed by atoms with Gasteiger partial charge in [0.05, 0.1) is 18.0 Å². The number of carbonyl (C=O) groups is 3. The molecule has 0 unspecified atom stereocenters. The van der Waals surface area contributed by atoms with Crippen molar-refractivity contribution < 1.29 is 19.1 Å². The van der Waals surface area contributed by atoms with Gasteiger partial charge in [0.15, 0.2) is 5.69 Å². The maximum Gasteiger partial charge on any atom is 0.273 e. The molecule has 2 aromatic carbocycles. The molecule has 3 aromatic rings. The highest BCUT2D eigenvalue weighted by atomic mass is 32.1. The van der Waals surface area contributed by atoms with E-state index in [9.17, 15) is 14.4 Å². The van der Waals surface area contributed by atoms with E-state index >= 15 is 0 Å². The number of hydrogen-bond donors (Lipinski definition) is 3. The zero-order valence-corrected chi connectivity index (χ0v) is 23.9. The van der Waals surface area contributed by atoms with Gasteiger partial charge < -0.3 is 26.4 Å². The lowest BCUT2D eigenvalue weighted by Crippen LogP contribution is -2.47. The number of hydrogen-bond acceptors (Lipinski definition) is 8. The summed E-state index contributed by atoms with van der Waals surface area (Å²) in [5, 5.41) is 3.20. The van der Waals surface area contributed by atoms with Crippen molar-refractivity contribution in [3.63, 3.8) is 0 Å². The Morgan fingerprint density at radius 2 is 1.75 bits per heavy atom. The van der Waals surface area contributed by atoms with E-state index in [-0.39, 0.29) is 28.2 Å². The van der Waals surface area contributed by atoms with E-state index in [1.54, 1.807) is 24.3 Å². The third-order valence-corrected chi connectivity index (χ3v) is 7.83. The van der Waals surface area contributed by atoms with Crippen LogP contribution in [-0.4, -0.2) is 48.8 Å². The highest BCUT2D eigenvalue weighted by molar-refractivity contribution is 7.09. The predicted molar refractivity (Wildman–Crippen MR) is 158 cm³/mol. The maximum atomic E-state index is 14.4. The quantitative estimate of drug-likeness (QED) is 0.336. The number of nitrogens with zero attached hydrogens (tertiary/aromatic N) is 3. The van der Waals surface area contributed by atoms with Gasteiger partial charge in [0.2, 0.25) is 5.91 Å². The Morgan fingerprint density at radius 3 is 2.35 bits per heavy atom. The number of nitrogens with two attached hydrogens (primary N) is 2. The summed E-state index contributed by atoms with van der Waals surface area (Å²) >= 11 is 0.775. The van der Waals surface area contributed by atoms with Gasteiger partial charge in [-0.15, -0.1) is 0 Å². The number of nitrogen functional groups attached to an aromatic ring is 1. The predicted octanol–water partition coefficient (Wildman–Crippen LogP) is 4.13. The topological polar surface area (TPSA) is 144 Å². The molecule has 1 fully saturated rings. The Labute approximate surface area is 238 Å². The molecule has 40 heavy (non-hydrogen) atoms. The van der Waals surface area contributed by atoms with Crippen molar-refractivity contribution in [2.45, 2.75) is 51.1 Å². The van der Waals surface area contributed by atoms with Crippen LogP contribution in [0.2, 0.25) is 0 Å². The lowest BCUT2D eigenvalue weighted by Gasteiger charge is -2.34. The third-order valence-electron chi connectivity index (χ3n) is 6.98. The standard InChI is InChI=1S/C29H36N6O4S/c1-4-39-22-13-9-8-12-21(22)35(29(38)26-23(30)24(27(31)36)33-40-26)25(18-14-16-20(17-15-18)34(2)3)28(37)32-19-10-6-5-7-11-19/h8-9,12-17,19,25H,4-7,10-11,30H2,1-3H3,(H2,31,36)(H,32,37)/t25-/m1/s1. The van der Waals surface area contributed by atoms with E-state index in [1.165, 1.54) is 4.90 Å². The van der Waals surface area contributed by atoms with Gasteiger partial charge in [-0.2, -0.15) is 4.37 Å². The van der Waals surface area contributed by atoms with Gasteiger partial charge in [-0.05, 0) is 61.1 Å². The molecule has 3 amide bonds. The molecule has 0 radical (unpaired) electrons. The third kappa shape index (κ3) is 6.20. The molecule has 4 rings (SSSR count). The number of rotatable bonds is 10. The van der Waals surface area contributed by atoms with E-state index in [0.29, 0.717) is 23.6 Å². The number of primary amides is 1. The van der Waals surface area contributed by atoms with Crippen LogP contribution in [0.3, 0.4) is 0 Å². The molecule has 1 aliphatic carbocycles. The number of aromatic nitrogens is 1. The highest BCUT2D eigenvalue weighted by Gasteiger charge is 2.38. The van der Waals surface area contributed by atoms with Gasteiger partial charge in [-0.1, -0.05) is 43.5 Å². The van der Waals surface area contributed by atoms with Crippen LogP contribution in [0.15, 0.2) is 48.5 Å². The number of amides is 3. The molecule has 1 saturated carbocycles. The molecule has 212 valence electrons. The second-order valence-electron chi connectivity index (χ2n) is 9.95. The summed E-state index contributed by atoms with van der Waals surface area (Å²) in [7, 11) is 3.86. The lowest BCUT2D eigenvalue weighted by atomic mass is 9.94. The number of ether oxygens (including phenoxy) is 1. The number of nitrogens with one attached hydrogen (secondary N) is 1. The lowest BCUT2D eigenvalue weighted by molar-refractivity contribution is -0.123. The number of anilines is 3. The van der Waals surface area contributed by atoms with Gasteiger partial charge in [0.25, 0.3) is 11.8 Å². The summed E-state index contributed by atoms with van der Waals surface area (Å²) in [4.78, 5) is 43.8. The van der Waals surface area contributed by atoms with E-state index in [0.717, 1.165) is 49.3 Å². The maximum absolute atomic E-state index is 14.4. The smallest absolute Gasteiger partial charge is 0.273 e. The minimum absolute atomic E-state index is 0.0128. The molecule has 1 aromatic heterocycles. The zero-order valence-electron chi connectivity index (χ0n) is 23.1. The van der Waals surface area contributed by atoms with Gasteiger partial charge in [0, 0.05) is 25.8 Å². The summed E-state index contributed by atoms with van der Waals surface area (Å²) in [5.74, 6) is -1.31. The largest absolute Gasteiger partial charge is 0.492 e. The molecule has 5 N–H and O–H groups in total. The SMILES string of the molecule is CCOc1ccccc1N(C(=O)c1snc(C(N)=O)c1N)[C@@H](C(=O)NC1CCCCC1)c1ccc(N(C)C)cc1. The van der Waals surface area contributed by atoms with Crippen LogP contribution in [0.4, 0.5) is 17.1 Å². The van der Waals surface area contributed by atoms with Gasteiger partial charge >= 0.3 is 0 Å². The van der Waals surface area contributed by atoms with Crippen molar-refractivity contribution in [3.8, 4) is 5.75 Å². The zero-order chi connectivity index (χ0) is 28.8. The fourth-order valence-electron chi connectivity index (χ4n) is 4.94. The summed E-state index contributed by atoms with van der Waals surface area (Å²) in [6, 6.07) is 13.5. The molecule has 10 nitrogen and oxygen atoms in total. The summed E-state index contributed by atoms with van der Waals surface area (Å²) in [6.07, 6.45) is 4.98. The fourth-order valence-corrected chi connectivity index (χ4v) is 5.68. The molecule has 0 saturated heterocycles. The van der Waals surface area contributed by atoms with Crippen LogP contribution in [0.25, 0.3) is 0 Å². The van der Waals surface area contributed by atoms with Crippen molar-refractivity contribution in [1.82, 2.24) is 9.69 Å². The Kier molecular flexibility index (Phi) is 9.26. The first-order valence-electron chi connectivity index (χ1n) is 13.4. The minimum atomic E-state index is -1.06. The van der Waals surface area contributed by atoms with E-state index in [1.807, 2.05) is 50.2 Å². The molecule has 0 spiro atoms. The van der Waals surface area contributed by atoms with Crippen molar-refractivity contribution in [1.29, 1.82) is 0 Å². The van der Waals surface area contributed by atoms with Crippen molar-refractivity contribution in [2.75, 3.05) is 36.2 Å². The average Bonchev–Trinajstić information content (AvgIpc) is 3.34. The molecule has 11 heteroatoms. The van der Waals surface area contributed by atoms with Crippen LogP contribution < -0.4 is 31.3 Å². The molecule has 0 bridgehead atoms. The molecule has 0 aliphatic heterocycles. The second-order valence-corrected chi connectivity index (χ2v) is 10.7. The van der Waals surface area contributed by atoms with E-state index in [2.05, 4.69) is 9.69 Å². The van der Waals surface area contributed by atoms with Crippen molar-refractivity contribution >= 4 is 46.3 Å². The van der Waals surface area contributed by atoms with Crippen LogP contribution in [0, 0.1) is 0 Å². The Morgan fingerprint density at radius 1 is 1.07 bits per heavy atom. The molecular weight excluding hydrogens is 528 g/mol. The van der Waals surface area contributed by atoms with Crippen LogP contribution in [0.1, 0.15) is 70.8 Å². The Bertz CT molecular complexity index is 1350. The molecule has 1 atom stereocenters. The first-order valence-corrected chi connectivity index (χ1v) is 14.2. The minimum Gasteiger partial charge on any atom is -0.492 e. The highest BCUT2D eigenvalue weighted by Crippen LogP contribution is 2.38. The molecule has 1 aliphatic rings. The van der Waals surface area contributed by atoms with Crippen LogP contribution >= 0.6 is 11.5 Å². The summed E-state index contributed by atoms with van der Waals surface area (Å²) in [6.45, 7) is 2.19. The number of para-hydroxylation sites is 2. The van der Waals surface area contributed by atoms with Gasteiger partial charge in [0.1, 0.15) is 16.7 Å². The number of benzene rings is 2. The second kappa shape index (κ2) is 12.8. The Balaban J connectivity index is 1.89. The molecule has 1 heterocycles. The molecular formula is C29H36N6O4S. The number of carbonyl (C=O) groups excluding carboxylic acids is 3. The first-order chi connectivity index (χ1) is 19.2. The van der Waals surface area contributed by atoms with Crippen molar-refractivity contribution in [3.05, 3.63) is 64.7 Å². The first kappa shape index (κ1) is 28.9. The van der Waals surface area contributed by atoms with Gasteiger partial charge in [-0.25, -0.2) is 0 Å². The average molecular weight is 565 g/mol. The van der Waals surface area contributed by atoms with Crippen LogP contribution in [0.5, 0.6) is 5.75 Å². The summed E-state index contributed by atoms with van der Waals surface area (Å²) < 4.78 is 9.92. The monoisotopic (exact) mass is 564 g/mol. The van der Waals surface area contributed by atoms with E-state index < -0.39 is 17.9 Å².